The minimum atomic E-state index is -1.47. The van der Waals surface area contributed by atoms with E-state index >= 15 is 0 Å². The van der Waals surface area contributed by atoms with Crippen LogP contribution in [0.15, 0.2) is 0 Å². The average molecular weight is 440 g/mol. The summed E-state index contributed by atoms with van der Waals surface area (Å²) >= 11 is 0. The molecule has 0 aliphatic heterocycles. The zero-order chi connectivity index (χ0) is 19.7. The maximum absolute atomic E-state index is 5.93. The number of hydrogen-bond donors (Lipinski definition) is 0. The van der Waals surface area contributed by atoms with Gasteiger partial charge in [-0.05, 0) is 36.3 Å². The van der Waals surface area contributed by atoms with Crippen LogP contribution < -0.4 is 0 Å². The van der Waals surface area contributed by atoms with Crippen molar-refractivity contribution < 1.29 is 28.3 Å². The second kappa shape index (κ2) is 13.2. The van der Waals surface area contributed by atoms with Gasteiger partial charge in [0.05, 0.1) is 0 Å². The van der Waals surface area contributed by atoms with Gasteiger partial charge in [0.2, 0.25) is 0 Å². The SMILES string of the molecule is [CH2-]CCCO[Si](C)(C)C(C)(C)C.[CH2-]CCCO[Si](C)(C)C(C)(C)C.[Zn+2]. The minimum absolute atomic E-state index is 0. The Balaban J connectivity index is -0.000000372. The van der Waals surface area contributed by atoms with Gasteiger partial charge in [-0.3, -0.25) is 0 Å². The Morgan fingerprint density at radius 1 is 0.640 bits per heavy atom. The van der Waals surface area contributed by atoms with E-state index in [2.05, 4.69) is 81.6 Å². The second-order valence-corrected chi connectivity index (χ2v) is 19.3. The third-order valence-corrected chi connectivity index (χ3v) is 14.4. The maximum atomic E-state index is 5.93. The minimum Gasteiger partial charge on any atom is -0.417 e. The van der Waals surface area contributed by atoms with Crippen LogP contribution in [0.3, 0.4) is 0 Å². The first kappa shape index (κ1) is 30.7. The third kappa shape index (κ3) is 13.7. The Bertz CT molecular complexity index is 287. The number of rotatable bonds is 8. The molecule has 0 fully saturated rings. The van der Waals surface area contributed by atoms with Crippen LogP contribution in [0.2, 0.25) is 36.3 Å². The monoisotopic (exact) mass is 438 g/mol. The first-order valence-corrected chi connectivity index (χ1v) is 15.3. The van der Waals surface area contributed by atoms with Crippen molar-refractivity contribution in [3.8, 4) is 0 Å². The van der Waals surface area contributed by atoms with E-state index in [0.717, 1.165) is 38.9 Å². The van der Waals surface area contributed by atoms with Crippen LogP contribution in [0.25, 0.3) is 0 Å². The van der Waals surface area contributed by atoms with Crippen molar-refractivity contribution in [2.45, 2.75) is 103 Å². The molecule has 0 spiro atoms. The molecule has 0 unspecified atom stereocenters. The Kier molecular flexibility index (Phi) is 16.2. The normalized spacial score (nSPS) is 13.0. The van der Waals surface area contributed by atoms with Gasteiger partial charge >= 0.3 is 19.5 Å². The Morgan fingerprint density at radius 2 is 0.880 bits per heavy atom. The van der Waals surface area contributed by atoms with Gasteiger partial charge in [0.25, 0.3) is 0 Å². The van der Waals surface area contributed by atoms with Crippen molar-refractivity contribution in [1.29, 1.82) is 0 Å². The molecule has 25 heavy (non-hydrogen) atoms. The Hall–Kier alpha value is 0.977. The predicted molar refractivity (Wildman–Crippen MR) is 115 cm³/mol. The van der Waals surface area contributed by atoms with Crippen molar-refractivity contribution in [3.05, 3.63) is 13.8 Å². The Labute approximate surface area is 175 Å². The second-order valence-electron chi connectivity index (χ2n) is 9.63. The molecule has 0 saturated carbocycles. The first-order chi connectivity index (χ1) is 10.6. The van der Waals surface area contributed by atoms with E-state index in [1.807, 2.05) is 0 Å². The van der Waals surface area contributed by atoms with Crippen molar-refractivity contribution >= 4 is 16.6 Å². The molecule has 2 nitrogen and oxygen atoms in total. The van der Waals surface area contributed by atoms with E-state index in [0.29, 0.717) is 10.1 Å². The van der Waals surface area contributed by atoms with Gasteiger partial charge < -0.3 is 22.7 Å². The van der Waals surface area contributed by atoms with Crippen LogP contribution in [-0.4, -0.2) is 29.8 Å². The summed E-state index contributed by atoms with van der Waals surface area (Å²) in [4.78, 5) is 0. The molecule has 0 radical (unpaired) electrons. The fraction of sp³-hybridized carbons (Fsp3) is 0.900. The summed E-state index contributed by atoms with van der Waals surface area (Å²) in [6.45, 7) is 32.1. The standard InChI is InChI=1S/2C10H23OSi.Zn/c2*1-7-8-9-11-12(5,6)10(2,3)4;/h2*1,7-9H2,2-6H3;/q2*-1;+2. The van der Waals surface area contributed by atoms with Crippen LogP contribution in [0, 0.1) is 13.8 Å². The van der Waals surface area contributed by atoms with E-state index in [-0.39, 0.29) is 19.5 Å². The fourth-order valence-electron chi connectivity index (χ4n) is 1.29. The number of hydrogen-bond acceptors (Lipinski definition) is 2. The maximum Gasteiger partial charge on any atom is 2.00 e. The predicted octanol–water partition coefficient (Wildman–Crippen LogP) is 7.24. The molecular formula is C20H46O2Si2Zn. The molecule has 0 bridgehead atoms. The summed E-state index contributed by atoms with van der Waals surface area (Å²) in [5.74, 6) is 0. The van der Waals surface area contributed by atoms with Gasteiger partial charge in [0.15, 0.2) is 16.6 Å². The molecule has 0 aromatic rings. The smallest absolute Gasteiger partial charge is 0.417 e. The van der Waals surface area contributed by atoms with E-state index in [4.69, 9.17) is 8.85 Å². The molecule has 0 rings (SSSR count). The molecule has 0 N–H and O–H groups in total. The average Bonchev–Trinajstić information content (AvgIpc) is 2.37. The van der Waals surface area contributed by atoms with Crippen LogP contribution in [0.4, 0.5) is 0 Å². The zero-order valence-electron chi connectivity index (χ0n) is 19.2. The summed E-state index contributed by atoms with van der Waals surface area (Å²) in [5, 5.41) is 0.683. The zero-order valence-corrected chi connectivity index (χ0v) is 24.1. The van der Waals surface area contributed by atoms with E-state index in [1.165, 1.54) is 0 Å². The van der Waals surface area contributed by atoms with Gasteiger partial charge in [-0.25, -0.2) is 0 Å². The van der Waals surface area contributed by atoms with Crippen molar-refractivity contribution in [2.24, 2.45) is 0 Å². The molecule has 0 atom stereocenters. The topological polar surface area (TPSA) is 18.5 Å². The van der Waals surface area contributed by atoms with Crippen LogP contribution in [0.1, 0.15) is 67.2 Å². The first-order valence-electron chi connectivity index (χ1n) is 9.49. The van der Waals surface area contributed by atoms with Gasteiger partial charge in [-0.2, -0.15) is 12.8 Å². The summed E-state index contributed by atoms with van der Waals surface area (Å²) in [5.41, 5.74) is 0. The van der Waals surface area contributed by atoms with Gasteiger partial charge in [0, 0.05) is 13.2 Å². The van der Waals surface area contributed by atoms with Gasteiger partial charge in [0.1, 0.15) is 0 Å². The van der Waals surface area contributed by atoms with E-state index in [9.17, 15) is 0 Å². The molecule has 148 valence electrons. The quantitative estimate of drug-likeness (QED) is 0.225. The molecule has 0 aromatic heterocycles. The van der Waals surface area contributed by atoms with Crippen molar-refractivity contribution in [1.82, 2.24) is 0 Å². The molecule has 0 aromatic carbocycles. The molecule has 0 heterocycles. The summed E-state index contributed by atoms with van der Waals surface area (Å²) in [6, 6.07) is 0. The molecule has 0 aliphatic rings. The van der Waals surface area contributed by atoms with E-state index in [1.54, 1.807) is 0 Å². The van der Waals surface area contributed by atoms with Crippen LogP contribution >= 0.6 is 0 Å². The third-order valence-electron chi connectivity index (χ3n) is 5.33. The van der Waals surface area contributed by atoms with Crippen molar-refractivity contribution in [2.75, 3.05) is 13.2 Å². The summed E-state index contributed by atoms with van der Waals surface area (Å²) in [6.07, 6.45) is 4.14. The van der Waals surface area contributed by atoms with Crippen molar-refractivity contribution in [3.63, 3.8) is 0 Å². The molecule has 0 aliphatic carbocycles. The molecular weight excluding hydrogens is 394 g/mol. The molecule has 0 saturated heterocycles. The number of unbranched alkanes of at least 4 members (excludes halogenated alkanes) is 2. The van der Waals surface area contributed by atoms with Gasteiger partial charge in [-0.15, -0.1) is 0 Å². The molecule has 0 amide bonds. The fourth-order valence-corrected chi connectivity index (χ4v) is 3.47. The van der Waals surface area contributed by atoms with Crippen LogP contribution in [-0.2, 0) is 28.3 Å². The largest absolute Gasteiger partial charge is 2.00 e. The van der Waals surface area contributed by atoms with Gasteiger partial charge in [-0.1, -0.05) is 54.4 Å². The van der Waals surface area contributed by atoms with E-state index < -0.39 is 16.6 Å². The Morgan fingerprint density at radius 3 is 1.04 bits per heavy atom. The summed E-state index contributed by atoms with van der Waals surface area (Å²) in [7, 11) is -2.94. The van der Waals surface area contributed by atoms with Crippen LogP contribution in [0.5, 0.6) is 0 Å². The summed E-state index contributed by atoms with van der Waals surface area (Å²) < 4.78 is 11.9. The molecule has 5 heteroatoms.